The molecule has 0 aromatic rings. The molecule has 0 N–H and O–H groups in total. The fourth-order valence-electron chi connectivity index (χ4n) is 0.355. The third-order valence-electron chi connectivity index (χ3n) is 0.752. The lowest BCUT2D eigenvalue weighted by molar-refractivity contribution is 0.464. The molecule has 0 bridgehead atoms. The van der Waals surface area contributed by atoms with Gasteiger partial charge in [0, 0.05) is 22.4 Å². The van der Waals surface area contributed by atoms with Crippen LogP contribution in [0.5, 0.6) is 0 Å². The normalized spacial score (nSPS) is 7.75. The van der Waals surface area contributed by atoms with Gasteiger partial charge in [0.1, 0.15) is 0 Å². The van der Waals surface area contributed by atoms with Crippen LogP contribution in [0, 0.1) is 10.8 Å². The van der Waals surface area contributed by atoms with Crippen LogP contribution in [-0.4, -0.2) is 6.67 Å². The molecule has 0 saturated heterocycles. The van der Waals surface area contributed by atoms with Crippen molar-refractivity contribution in [1.82, 2.24) is 0 Å². The van der Waals surface area contributed by atoms with E-state index in [4.69, 9.17) is 0 Å². The van der Waals surface area contributed by atoms with Crippen LogP contribution >= 0.6 is 15.9 Å². The average molecular weight is 179 g/mol. The summed E-state index contributed by atoms with van der Waals surface area (Å²) in [6.45, 7) is -0.218. The van der Waals surface area contributed by atoms with Crippen LogP contribution in [0.1, 0.15) is 19.3 Å². The first-order valence-electron chi connectivity index (χ1n) is 2.56. The summed E-state index contributed by atoms with van der Waals surface area (Å²) in [5.41, 5.74) is 0. The highest BCUT2D eigenvalue weighted by Gasteiger charge is 1.80. The Morgan fingerprint density at radius 1 is 1.38 bits per heavy atom. The Morgan fingerprint density at radius 2 is 2.12 bits per heavy atom. The molecule has 8 heavy (non-hydrogen) atoms. The van der Waals surface area contributed by atoms with Crippen molar-refractivity contribution in [3.8, 4) is 10.8 Å². The van der Waals surface area contributed by atoms with Crippen molar-refractivity contribution in [2.24, 2.45) is 0 Å². The summed E-state index contributed by atoms with van der Waals surface area (Å²) < 4.78 is 11.4. The summed E-state index contributed by atoms with van der Waals surface area (Å²) >= 11 is 2.95. The van der Waals surface area contributed by atoms with E-state index in [0.717, 1.165) is 12.8 Å². The van der Waals surface area contributed by atoms with Crippen LogP contribution in [0.25, 0.3) is 0 Å². The Morgan fingerprint density at radius 3 is 2.62 bits per heavy atom. The van der Waals surface area contributed by atoms with Crippen LogP contribution in [0.4, 0.5) is 4.39 Å². The van der Waals surface area contributed by atoms with Crippen molar-refractivity contribution in [2.75, 3.05) is 6.67 Å². The highest BCUT2D eigenvalue weighted by molar-refractivity contribution is 9.12. The molecule has 0 aliphatic carbocycles. The molecule has 0 aliphatic rings. The first kappa shape index (κ1) is 7.97. The van der Waals surface area contributed by atoms with E-state index in [9.17, 15) is 4.39 Å². The molecule has 0 saturated carbocycles. The minimum atomic E-state index is -0.218. The van der Waals surface area contributed by atoms with Crippen LogP contribution in [0.3, 0.4) is 0 Å². The zero-order valence-corrected chi connectivity index (χ0v) is 6.17. The minimum absolute atomic E-state index is 0.218. The molecule has 0 rings (SSSR count). The summed E-state index contributed by atoms with van der Waals surface area (Å²) in [5.74, 6) is 2.78. The first-order valence-corrected chi connectivity index (χ1v) is 3.35. The summed E-state index contributed by atoms with van der Waals surface area (Å²) in [6.07, 6.45) is 2.31. The molecule has 0 fully saturated rings. The second-order valence-corrected chi connectivity index (χ2v) is 1.81. The molecule has 0 atom stereocenters. The molecule has 0 radical (unpaired) electrons. The Labute approximate surface area is 57.6 Å². The van der Waals surface area contributed by atoms with Crippen LogP contribution in [0.2, 0.25) is 0 Å². The van der Waals surface area contributed by atoms with Crippen molar-refractivity contribution >= 4 is 15.9 Å². The zero-order valence-electron chi connectivity index (χ0n) is 4.58. The number of unbranched alkanes of at least 4 members (excludes halogenated alkanes) is 2. The number of rotatable bonds is 3. The molecular weight excluding hydrogens is 171 g/mol. The quantitative estimate of drug-likeness (QED) is 0.461. The molecule has 0 nitrogen and oxygen atoms in total. The van der Waals surface area contributed by atoms with E-state index in [0.29, 0.717) is 6.42 Å². The van der Waals surface area contributed by atoms with E-state index >= 15 is 0 Å². The second-order valence-electron chi connectivity index (χ2n) is 1.42. The van der Waals surface area contributed by atoms with E-state index in [1.807, 2.05) is 0 Å². The fraction of sp³-hybridized carbons (Fsp3) is 0.667. The van der Waals surface area contributed by atoms with Gasteiger partial charge in [-0.25, -0.2) is 0 Å². The third-order valence-corrected chi connectivity index (χ3v) is 1.03. The molecular formula is C6H8BrF. The number of hydrogen-bond donors (Lipinski definition) is 0. The predicted octanol–water partition coefficient (Wildman–Crippen LogP) is 2.48. The molecule has 0 unspecified atom stereocenters. The smallest absolute Gasteiger partial charge is 0.0894 e. The Bertz CT molecular complexity index is 90.4. The molecule has 46 valence electrons. The van der Waals surface area contributed by atoms with Gasteiger partial charge in [0.2, 0.25) is 0 Å². The Balaban J connectivity index is 2.79. The topological polar surface area (TPSA) is 0 Å². The van der Waals surface area contributed by atoms with Gasteiger partial charge in [-0.2, -0.15) is 0 Å². The SMILES string of the molecule is FCCCCC#CBr. The molecule has 0 spiro atoms. The lowest BCUT2D eigenvalue weighted by Crippen LogP contribution is -1.74. The van der Waals surface area contributed by atoms with Crippen molar-refractivity contribution in [1.29, 1.82) is 0 Å². The Kier molecular flexibility index (Phi) is 6.94. The molecule has 0 amide bonds. The van der Waals surface area contributed by atoms with Crippen LogP contribution < -0.4 is 0 Å². The van der Waals surface area contributed by atoms with Gasteiger partial charge in [-0.05, 0) is 17.7 Å². The maximum atomic E-state index is 11.4. The molecule has 0 heterocycles. The first-order chi connectivity index (χ1) is 3.91. The molecule has 0 aromatic heterocycles. The summed E-state index contributed by atoms with van der Waals surface area (Å²) in [7, 11) is 0. The van der Waals surface area contributed by atoms with Gasteiger partial charge in [-0.3, -0.25) is 4.39 Å². The van der Waals surface area contributed by atoms with E-state index in [-0.39, 0.29) is 6.67 Å². The Hall–Kier alpha value is -0.0300. The van der Waals surface area contributed by atoms with Crippen LogP contribution in [-0.2, 0) is 0 Å². The summed E-state index contributed by atoms with van der Waals surface area (Å²) in [5, 5.41) is 0. The average Bonchev–Trinajstić information content (AvgIpc) is 1.81. The predicted molar refractivity (Wildman–Crippen MR) is 36.5 cm³/mol. The maximum absolute atomic E-state index is 11.4. The van der Waals surface area contributed by atoms with Crippen molar-refractivity contribution in [3.63, 3.8) is 0 Å². The van der Waals surface area contributed by atoms with E-state index < -0.39 is 0 Å². The number of halogens is 2. The lowest BCUT2D eigenvalue weighted by atomic mass is 10.3. The highest BCUT2D eigenvalue weighted by Crippen LogP contribution is 1.93. The number of alkyl halides is 1. The monoisotopic (exact) mass is 178 g/mol. The van der Waals surface area contributed by atoms with Crippen molar-refractivity contribution < 1.29 is 4.39 Å². The maximum Gasteiger partial charge on any atom is 0.0894 e. The largest absolute Gasteiger partial charge is 0.251 e. The van der Waals surface area contributed by atoms with Gasteiger partial charge < -0.3 is 0 Å². The standard InChI is InChI=1S/C6H8BrF/c7-5-3-1-2-4-6-8/h1-2,4,6H2. The van der Waals surface area contributed by atoms with Gasteiger partial charge in [0.25, 0.3) is 0 Å². The fourth-order valence-corrected chi connectivity index (χ4v) is 0.553. The van der Waals surface area contributed by atoms with Gasteiger partial charge >= 0.3 is 0 Å². The van der Waals surface area contributed by atoms with E-state index in [1.165, 1.54) is 0 Å². The van der Waals surface area contributed by atoms with Crippen LogP contribution in [0.15, 0.2) is 0 Å². The van der Waals surface area contributed by atoms with Crippen molar-refractivity contribution in [2.45, 2.75) is 19.3 Å². The molecule has 2 heteroatoms. The molecule has 0 aliphatic heterocycles. The number of hydrogen-bond acceptors (Lipinski definition) is 0. The van der Waals surface area contributed by atoms with E-state index in [1.54, 1.807) is 0 Å². The lowest BCUT2D eigenvalue weighted by Gasteiger charge is -1.84. The third kappa shape index (κ3) is 5.97. The zero-order chi connectivity index (χ0) is 6.24. The van der Waals surface area contributed by atoms with E-state index in [2.05, 4.69) is 26.7 Å². The van der Waals surface area contributed by atoms with Gasteiger partial charge in [0.05, 0.1) is 6.67 Å². The second kappa shape index (κ2) is 6.97. The van der Waals surface area contributed by atoms with Gasteiger partial charge in [0.15, 0.2) is 0 Å². The highest BCUT2D eigenvalue weighted by atomic mass is 79.9. The molecule has 0 aromatic carbocycles. The van der Waals surface area contributed by atoms with Crippen molar-refractivity contribution in [3.05, 3.63) is 0 Å². The minimum Gasteiger partial charge on any atom is -0.251 e. The van der Waals surface area contributed by atoms with Gasteiger partial charge in [-0.15, -0.1) is 0 Å². The summed E-state index contributed by atoms with van der Waals surface area (Å²) in [4.78, 5) is 2.57. The summed E-state index contributed by atoms with van der Waals surface area (Å²) in [6, 6.07) is 0. The van der Waals surface area contributed by atoms with Gasteiger partial charge in [-0.1, -0.05) is 5.92 Å².